The topological polar surface area (TPSA) is 78.0 Å². The molecule has 5 nitrogen and oxygen atoms in total. The summed E-state index contributed by atoms with van der Waals surface area (Å²) in [5, 5.41) is 5.20. The molecule has 3 rings (SSSR count). The summed E-state index contributed by atoms with van der Waals surface area (Å²) in [6.07, 6.45) is 1.97. The minimum Gasteiger partial charge on any atom is -0.324 e. The molecule has 24 heavy (non-hydrogen) atoms. The predicted molar refractivity (Wildman–Crippen MR) is 91.4 cm³/mol. The number of hydrogen-bond acceptors (Lipinski definition) is 3. The SMILES string of the molecule is CCCCn1c(-c2ccc(F)cc2)nc2cc(S(N)(=O)=O)ccc21. The van der Waals surface area contributed by atoms with Gasteiger partial charge < -0.3 is 4.57 Å². The average molecular weight is 347 g/mol. The molecule has 0 aliphatic heterocycles. The van der Waals surface area contributed by atoms with Crippen molar-refractivity contribution in [2.45, 2.75) is 31.2 Å². The van der Waals surface area contributed by atoms with Gasteiger partial charge in [-0.15, -0.1) is 0 Å². The third-order valence-corrected chi connectivity index (χ3v) is 4.80. The van der Waals surface area contributed by atoms with Gasteiger partial charge in [0, 0.05) is 12.1 Å². The third-order valence-electron chi connectivity index (χ3n) is 3.89. The predicted octanol–water partition coefficient (Wildman–Crippen LogP) is 3.29. The standard InChI is InChI=1S/C17H18FN3O2S/c1-2-3-10-21-16-9-8-14(24(19,22)23)11-15(16)20-17(21)12-4-6-13(18)7-5-12/h4-9,11H,2-3,10H2,1H3,(H2,19,22,23). The first-order valence-electron chi connectivity index (χ1n) is 7.69. The van der Waals surface area contributed by atoms with Gasteiger partial charge in [-0.3, -0.25) is 0 Å². The summed E-state index contributed by atoms with van der Waals surface area (Å²) >= 11 is 0. The Balaban J connectivity index is 2.20. The molecule has 7 heteroatoms. The Hall–Kier alpha value is -2.25. The molecule has 0 aliphatic rings. The molecule has 126 valence electrons. The summed E-state index contributed by atoms with van der Waals surface area (Å²) in [4.78, 5) is 4.59. The zero-order chi connectivity index (χ0) is 17.3. The number of aromatic nitrogens is 2. The van der Waals surface area contributed by atoms with Crippen molar-refractivity contribution in [3.63, 3.8) is 0 Å². The van der Waals surface area contributed by atoms with Crippen molar-refractivity contribution in [3.05, 3.63) is 48.3 Å². The maximum absolute atomic E-state index is 13.2. The number of halogens is 1. The van der Waals surface area contributed by atoms with Crippen LogP contribution in [0.3, 0.4) is 0 Å². The van der Waals surface area contributed by atoms with Gasteiger partial charge in [0.1, 0.15) is 11.6 Å². The monoisotopic (exact) mass is 347 g/mol. The second-order valence-electron chi connectivity index (χ2n) is 5.64. The molecule has 0 saturated heterocycles. The summed E-state index contributed by atoms with van der Waals surface area (Å²) in [6.45, 7) is 2.84. The first-order valence-corrected chi connectivity index (χ1v) is 9.24. The van der Waals surface area contributed by atoms with Gasteiger partial charge in [0.15, 0.2) is 0 Å². The number of aryl methyl sites for hydroxylation is 1. The van der Waals surface area contributed by atoms with E-state index >= 15 is 0 Å². The summed E-state index contributed by atoms with van der Waals surface area (Å²) < 4.78 is 38.3. The molecule has 0 aliphatic carbocycles. The highest BCUT2D eigenvalue weighted by molar-refractivity contribution is 7.89. The Bertz CT molecular complexity index is 979. The number of fused-ring (bicyclic) bond motifs is 1. The highest BCUT2D eigenvalue weighted by Gasteiger charge is 2.15. The molecule has 0 bridgehead atoms. The van der Waals surface area contributed by atoms with Crippen molar-refractivity contribution in [2.75, 3.05) is 0 Å². The van der Waals surface area contributed by atoms with Crippen LogP contribution >= 0.6 is 0 Å². The Morgan fingerprint density at radius 3 is 2.50 bits per heavy atom. The fourth-order valence-electron chi connectivity index (χ4n) is 2.65. The fourth-order valence-corrected chi connectivity index (χ4v) is 3.18. The minimum atomic E-state index is -3.78. The molecular formula is C17H18FN3O2S. The van der Waals surface area contributed by atoms with Crippen molar-refractivity contribution in [3.8, 4) is 11.4 Å². The maximum atomic E-state index is 13.2. The lowest BCUT2D eigenvalue weighted by Crippen LogP contribution is -2.11. The van der Waals surface area contributed by atoms with E-state index in [2.05, 4.69) is 11.9 Å². The van der Waals surface area contributed by atoms with Gasteiger partial charge in [-0.2, -0.15) is 0 Å². The van der Waals surface area contributed by atoms with E-state index in [1.54, 1.807) is 18.2 Å². The van der Waals surface area contributed by atoms with Gasteiger partial charge in [0.25, 0.3) is 0 Å². The number of unbranched alkanes of at least 4 members (excludes halogenated alkanes) is 1. The van der Waals surface area contributed by atoms with Gasteiger partial charge in [-0.1, -0.05) is 13.3 Å². The lowest BCUT2D eigenvalue weighted by Gasteiger charge is -2.08. The highest BCUT2D eigenvalue weighted by Crippen LogP contribution is 2.27. The van der Waals surface area contributed by atoms with Gasteiger partial charge in [0.05, 0.1) is 15.9 Å². The van der Waals surface area contributed by atoms with E-state index in [0.29, 0.717) is 11.3 Å². The Morgan fingerprint density at radius 1 is 1.17 bits per heavy atom. The van der Waals surface area contributed by atoms with Crippen LogP contribution in [0.5, 0.6) is 0 Å². The van der Waals surface area contributed by atoms with Crippen LogP contribution in [0.4, 0.5) is 4.39 Å². The number of imidazole rings is 1. The van der Waals surface area contributed by atoms with Crippen LogP contribution in [0.2, 0.25) is 0 Å². The molecule has 1 heterocycles. The van der Waals surface area contributed by atoms with E-state index in [4.69, 9.17) is 5.14 Å². The van der Waals surface area contributed by atoms with Crippen molar-refractivity contribution in [2.24, 2.45) is 5.14 Å². The summed E-state index contributed by atoms with van der Waals surface area (Å²) in [5.41, 5.74) is 2.16. The maximum Gasteiger partial charge on any atom is 0.238 e. The van der Waals surface area contributed by atoms with E-state index in [0.717, 1.165) is 30.5 Å². The summed E-state index contributed by atoms with van der Waals surface area (Å²) in [5.74, 6) is 0.372. The molecule has 0 spiro atoms. The second kappa shape index (κ2) is 6.33. The van der Waals surface area contributed by atoms with E-state index < -0.39 is 10.0 Å². The highest BCUT2D eigenvalue weighted by atomic mass is 32.2. The molecule has 0 radical (unpaired) electrons. The molecule has 1 aromatic heterocycles. The zero-order valence-electron chi connectivity index (χ0n) is 13.2. The van der Waals surface area contributed by atoms with Crippen LogP contribution < -0.4 is 5.14 Å². The average Bonchev–Trinajstić information content (AvgIpc) is 2.90. The van der Waals surface area contributed by atoms with Crippen molar-refractivity contribution in [1.82, 2.24) is 9.55 Å². The number of benzene rings is 2. The van der Waals surface area contributed by atoms with Gasteiger partial charge >= 0.3 is 0 Å². The lowest BCUT2D eigenvalue weighted by atomic mass is 10.2. The Morgan fingerprint density at radius 2 is 1.88 bits per heavy atom. The number of nitrogens with two attached hydrogens (primary N) is 1. The smallest absolute Gasteiger partial charge is 0.238 e. The van der Waals surface area contributed by atoms with E-state index in [9.17, 15) is 12.8 Å². The molecule has 0 fully saturated rings. The van der Waals surface area contributed by atoms with Crippen LogP contribution in [0.25, 0.3) is 22.4 Å². The van der Waals surface area contributed by atoms with Crippen LogP contribution in [0.15, 0.2) is 47.4 Å². The van der Waals surface area contributed by atoms with Crippen molar-refractivity contribution < 1.29 is 12.8 Å². The molecule has 0 saturated carbocycles. The Kier molecular flexibility index (Phi) is 4.38. The number of sulfonamides is 1. The molecule has 0 amide bonds. The Labute approximate surface area is 140 Å². The first kappa shape index (κ1) is 16.6. The fraction of sp³-hybridized carbons (Fsp3) is 0.235. The van der Waals surface area contributed by atoms with Crippen LogP contribution in [-0.2, 0) is 16.6 Å². The molecular weight excluding hydrogens is 329 g/mol. The number of nitrogens with zero attached hydrogens (tertiary/aromatic N) is 2. The first-order chi connectivity index (χ1) is 11.4. The van der Waals surface area contributed by atoms with E-state index in [-0.39, 0.29) is 10.7 Å². The molecule has 0 unspecified atom stereocenters. The van der Waals surface area contributed by atoms with E-state index in [1.165, 1.54) is 24.3 Å². The van der Waals surface area contributed by atoms with Gasteiger partial charge in [-0.25, -0.2) is 22.9 Å². The quantitative estimate of drug-likeness (QED) is 0.769. The van der Waals surface area contributed by atoms with Gasteiger partial charge in [0.2, 0.25) is 10.0 Å². The summed E-state index contributed by atoms with van der Waals surface area (Å²) in [7, 11) is -3.78. The van der Waals surface area contributed by atoms with Crippen molar-refractivity contribution in [1.29, 1.82) is 0 Å². The minimum absolute atomic E-state index is 0.0285. The molecule has 3 aromatic rings. The van der Waals surface area contributed by atoms with E-state index in [1.807, 2.05) is 4.57 Å². The second-order valence-corrected chi connectivity index (χ2v) is 7.20. The van der Waals surface area contributed by atoms with Gasteiger partial charge in [-0.05, 0) is 48.9 Å². The van der Waals surface area contributed by atoms with Crippen LogP contribution in [0, 0.1) is 5.82 Å². The van der Waals surface area contributed by atoms with Crippen LogP contribution in [-0.4, -0.2) is 18.0 Å². The third kappa shape index (κ3) is 3.18. The number of hydrogen-bond donors (Lipinski definition) is 1. The zero-order valence-corrected chi connectivity index (χ0v) is 14.1. The molecule has 2 N–H and O–H groups in total. The number of rotatable bonds is 5. The molecule has 2 aromatic carbocycles. The lowest BCUT2D eigenvalue weighted by molar-refractivity contribution is 0.598. The number of primary sulfonamides is 1. The molecule has 0 atom stereocenters. The largest absolute Gasteiger partial charge is 0.324 e. The summed E-state index contributed by atoms with van der Waals surface area (Å²) in [6, 6.07) is 10.8. The normalized spacial score (nSPS) is 12.0. The van der Waals surface area contributed by atoms with Crippen molar-refractivity contribution >= 4 is 21.1 Å². The van der Waals surface area contributed by atoms with Crippen LogP contribution in [0.1, 0.15) is 19.8 Å².